The third-order valence-electron chi connectivity index (χ3n) is 5.46. The first kappa shape index (κ1) is 19.8. The lowest BCUT2D eigenvalue weighted by Crippen LogP contribution is -2.36. The summed E-state index contributed by atoms with van der Waals surface area (Å²) in [6, 6.07) is 8.95. The molecule has 0 aliphatic carbocycles. The van der Waals surface area contributed by atoms with Crippen LogP contribution in [0, 0.1) is 6.92 Å². The zero-order valence-corrected chi connectivity index (χ0v) is 16.3. The maximum atomic E-state index is 12.8. The van der Waals surface area contributed by atoms with E-state index < -0.39 is 17.8 Å². The lowest BCUT2D eigenvalue weighted by Gasteiger charge is -2.17. The Hall–Kier alpha value is -3.52. The van der Waals surface area contributed by atoms with Crippen LogP contribution in [-0.2, 0) is 4.74 Å². The highest BCUT2D eigenvalue weighted by molar-refractivity contribution is 6.22. The van der Waals surface area contributed by atoms with Gasteiger partial charge in [-0.2, -0.15) is 0 Å². The van der Waals surface area contributed by atoms with Gasteiger partial charge < -0.3 is 15.2 Å². The second-order valence-corrected chi connectivity index (χ2v) is 7.35. The van der Waals surface area contributed by atoms with E-state index in [2.05, 4.69) is 5.32 Å². The number of aromatic carboxylic acids is 1. The number of nitrogens with one attached hydrogen (secondary N) is 1. The maximum Gasteiger partial charge on any atom is 0.336 e. The first-order valence-corrected chi connectivity index (χ1v) is 9.63. The van der Waals surface area contributed by atoms with E-state index in [1.54, 1.807) is 19.1 Å². The number of rotatable bonds is 5. The second-order valence-electron chi connectivity index (χ2n) is 7.35. The summed E-state index contributed by atoms with van der Waals surface area (Å²) in [4.78, 5) is 50.5. The minimum atomic E-state index is -1.09. The molecule has 2 aliphatic heterocycles. The minimum Gasteiger partial charge on any atom is -0.478 e. The SMILES string of the molecule is Cc1c(NC(=O)c2ccc3c(c2)C(=O)N(C[C@H]2CCCO2)C3=O)cccc1C(=O)O. The molecule has 0 aromatic heterocycles. The summed E-state index contributed by atoms with van der Waals surface area (Å²) in [6.45, 7) is 2.43. The quantitative estimate of drug-likeness (QED) is 0.736. The molecule has 2 heterocycles. The number of fused-ring (bicyclic) bond motifs is 1. The Morgan fingerprint density at radius 3 is 2.63 bits per heavy atom. The Balaban J connectivity index is 1.55. The molecule has 30 heavy (non-hydrogen) atoms. The number of benzene rings is 2. The molecule has 2 N–H and O–H groups in total. The van der Waals surface area contributed by atoms with Gasteiger partial charge in [0.25, 0.3) is 17.7 Å². The molecule has 0 unspecified atom stereocenters. The number of hydrogen-bond donors (Lipinski definition) is 2. The first-order chi connectivity index (χ1) is 14.4. The van der Waals surface area contributed by atoms with Gasteiger partial charge in [-0.25, -0.2) is 4.79 Å². The molecule has 8 nitrogen and oxygen atoms in total. The Bertz CT molecular complexity index is 1070. The van der Waals surface area contributed by atoms with E-state index >= 15 is 0 Å². The van der Waals surface area contributed by atoms with Crippen molar-refractivity contribution in [3.05, 3.63) is 64.2 Å². The number of imide groups is 1. The summed E-state index contributed by atoms with van der Waals surface area (Å²) in [6.07, 6.45) is 1.55. The largest absolute Gasteiger partial charge is 0.478 e. The van der Waals surface area contributed by atoms with Crippen LogP contribution >= 0.6 is 0 Å². The Morgan fingerprint density at radius 1 is 1.17 bits per heavy atom. The topological polar surface area (TPSA) is 113 Å². The molecule has 0 saturated carbocycles. The summed E-state index contributed by atoms with van der Waals surface area (Å²) in [5, 5.41) is 11.9. The van der Waals surface area contributed by atoms with E-state index in [0.717, 1.165) is 12.8 Å². The molecule has 3 amide bonds. The van der Waals surface area contributed by atoms with E-state index in [1.807, 2.05) is 0 Å². The highest BCUT2D eigenvalue weighted by Gasteiger charge is 2.38. The summed E-state index contributed by atoms with van der Waals surface area (Å²) in [7, 11) is 0. The normalized spacial score (nSPS) is 17.9. The zero-order chi connectivity index (χ0) is 21.4. The molecule has 0 bridgehead atoms. The third kappa shape index (κ3) is 3.46. The molecule has 1 atom stereocenters. The number of carbonyl (C=O) groups is 4. The van der Waals surface area contributed by atoms with Crippen LogP contribution in [0.4, 0.5) is 5.69 Å². The van der Waals surface area contributed by atoms with Gasteiger partial charge >= 0.3 is 5.97 Å². The second kappa shape index (κ2) is 7.72. The molecular weight excluding hydrogens is 388 g/mol. The number of carbonyl (C=O) groups excluding carboxylic acids is 3. The number of hydrogen-bond acceptors (Lipinski definition) is 5. The third-order valence-corrected chi connectivity index (χ3v) is 5.46. The summed E-state index contributed by atoms with van der Waals surface area (Å²) in [5.74, 6) is -2.41. The molecule has 0 radical (unpaired) electrons. The predicted molar refractivity (Wildman–Crippen MR) is 107 cm³/mol. The van der Waals surface area contributed by atoms with Crippen LogP contribution < -0.4 is 5.32 Å². The number of amides is 3. The minimum absolute atomic E-state index is 0.0901. The number of nitrogens with zero attached hydrogens (tertiary/aromatic N) is 1. The summed E-state index contributed by atoms with van der Waals surface area (Å²) in [5.41, 5.74) is 1.53. The molecule has 2 aliphatic rings. The molecule has 8 heteroatoms. The van der Waals surface area contributed by atoms with Crippen LogP contribution in [0.2, 0.25) is 0 Å². The van der Waals surface area contributed by atoms with Gasteiger partial charge in [-0.15, -0.1) is 0 Å². The highest BCUT2D eigenvalue weighted by Crippen LogP contribution is 2.27. The molecular formula is C22H20N2O6. The maximum absolute atomic E-state index is 12.8. The van der Waals surface area contributed by atoms with Gasteiger partial charge in [0.15, 0.2) is 0 Å². The Morgan fingerprint density at radius 2 is 1.93 bits per heavy atom. The molecule has 2 aromatic carbocycles. The first-order valence-electron chi connectivity index (χ1n) is 9.63. The Kier molecular flexibility index (Phi) is 5.09. The van der Waals surface area contributed by atoms with Gasteiger partial charge in [0.05, 0.1) is 29.3 Å². The van der Waals surface area contributed by atoms with Crippen LogP contribution in [0.5, 0.6) is 0 Å². The smallest absolute Gasteiger partial charge is 0.336 e. The van der Waals surface area contributed by atoms with Crippen LogP contribution in [0.25, 0.3) is 0 Å². The highest BCUT2D eigenvalue weighted by atomic mass is 16.5. The lowest BCUT2D eigenvalue weighted by atomic mass is 10.0. The van der Waals surface area contributed by atoms with Crippen molar-refractivity contribution in [1.29, 1.82) is 0 Å². The van der Waals surface area contributed by atoms with Crippen molar-refractivity contribution in [2.24, 2.45) is 0 Å². The average Bonchev–Trinajstić information content (AvgIpc) is 3.32. The number of anilines is 1. The van der Waals surface area contributed by atoms with Crippen molar-refractivity contribution in [3.63, 3.8) is 0 Å². The molecule has 2 aromatic rings. The van der Waals surface area contributed by atoms with Crippen LogP contribution in [0.1, 0.15) is 59.8 Å². The fraction of sp³-hybridized carbons (Fsp3) is 0.273. The van der Waals surface area contributed by atoms with Crippen LogP contribution in [-0.4, -0.2) is 53.0 Å². The van der Waals surface area contributed by atoms with Gasteiger partial charge in [-0.05, 0) is 55.7 Å². The van der Waals surface area contributed by atoms with Gasteiger partial charge in [-0.1, -0.05) is 6.07 Å². The van der Waals surface area contributed by atoms with E-state index in [4.69, 9.17) is 4.74 Å². The molecule has 1 saturated heterocycles. The molecule has 154 valence electrons. The summed E-state index contributed by atoms with van der Waals surface area (Å²) >= 11 is 0. The van der Waals surface area contributed by atoms with E-state index in [-0.39, 0.29) is 40.8 Å². The van der Waals surface area contributed by atoms with Crippen molar-refractivity contribution in [1.82, 2.24) is 4.90 Å². The van der Waals surface area contributed by atoms with Gasteiger partial charge in [0.1, 0.15) is 0 Å². The standard InChI is InChI=1S/C22H20N2O6/c1-12-15(22(28)29)5-2-6-18(12)23-19(25)13-7-8-16-17(10-13)21(27)24(20(16)26)11-14-4-3-9-30-14/h2,5-8,10,14H,3-4,9,11H2,1H3,(H,23,25)(H,28,29)/t14-/m1/s1. The van der Waals surface area contributed by atoms with Crippen molar-refractivity contribution in [2.45, 2.75) is 25.9 Å². The summed E-state index contributed by atoms with van der Waals surface area (Å²) < 4.78 is 5.52. The fourth-order valence-electron chi connectivity index (χ4n) is 3.79. The molecule has 4 rings (SSSR count). The van der Waals surface area contributed by atoms with Gasteiger partial charge in [-0.3, -0.25) is 19.3 Å². The Labute approximate surface area is 172 Å². The van der Waals surface area contributed by atoms with Crippen molar-refractivity contribution < 1.29 is 29.0 Å². The van der Waals surface area contributed by atoms with E-state index in [0.29, 0.717) is 17.9 Å². The van der Waals surface area contributed by atoms with Crippen molar-refractivity contribution >= 4 is 29.4 Å². The van der Waals surface area contributed by atoms with E-state index in [1.165, 1.54) is 29.2 Å². The van der Waals surface area contributed by atoms with Crippen LogP contribution in [0.3, 0.4) is 0 Å². The van der Waals surface area contributed by atoms with Crippen LogP contribution in [0.15, 0.2) is 36.4 Å². The number of carboxylic acid groups (broad SMARTS) is 1. The molecule has 1 fully saturated rings. The molecule has 0 spiro atoms. The number of carboxylic acids is 1. The van der Waals surface area contributed by atoms with Crippen molar-refractivity contribution in [2.75, 3.05) is 18.5 Å². The van der Waals surface area contributed by atoms with Crippen molar-refractivity contribution in [3.8, 4) is 0 Å². The monoisotopic (exact) mass is 408 g/mol. The van der Waals surface area contributed by atoms with Gasteiger partial charge in [0, 0.05) is 17.9 Å². The fourth-order valence-corrected chi connectivity index (χ4v) is 3.79. The average molecular weight is 408 g/mol. The van der Waals surface area contributed by atoms with Gasteiger partial charge in [0.2, 0.25) is 0 Å². The lowest BCUT2D eigenvalue weighted by molar-refractivity contribution is 0.0475. The zero-order valence-electron chi connectivity index (χ0n) is 16.3. The number of ether oxygens (including phenoxy) is 1. The predicted octanol–water partition coefficient (Wildman–Crippen LogP) is 2.72. The van der Waals surface area contributed by atoms with E-state index in [9.17, 15) is 24.3 Å².